The predicted molar refractivity (Wildman–Crippen MR) is 133 cm³/mol. The van der Waals surface area contributed by atoms with Crippen LogP contribution in [0.25, 0.3) is 0 Å². The molecule has 1 amide bonds. The summed E-state index contributed by atoms with van der Waals surface area (Å²) in [5, 5.41) is 3.43. The number of anilines is 1. The third kappa shape index (κ3) is 5.44. The summed E-state index contributed by atoms with van der Waals surface area (Å²) in [6.07, 6.45) is 2.52. The summed E-state index contributed by atoms with van der Waals surface area (Å²) in [7, 11) is 0. The molecular weight excluding hydrogens is 411 g/mol. The summed E-state index contributed by atoms with van der Waals surface area (Å²) < 4.78 is 14.3. The van der Waals surface area contributed by atoms with Gasteiger partial charge in [0.15, 0.2) is 0 Å². The van der Waals surface area contributed by atoms with Crippen LogP contribution in [0.15, 0.2) is 66.7 Å². The summed E-state index contributed by atoms with van der Waals surface area (Å²) in [6.45, 7) is 8.39. The number of para-hydroxylation sites is 1. The van der Waals surface area contributed by atoms with Gasteiger partial charge in [0.05, 0.1) is 11.3 Å². The van der Waals surface area contributed by atoms with Crippen LogP contribution in [0, 0.1) is 5.82 Å². The largest absolute Gasteiger partial charge is 0.384 e. The first kappa shape index (κ1) is 23.0. The molecule has 3 aromatic carbocycles. The van der Waals surface area contributed by atoms with E-state index in [4.69, 9.17) is 0 Å². The molecule has 0 unspecified atom stereocenters. The summed E-state index contributed by atoms with van der Waals surface area (Å²) in [4.78, 5) is 15.6. The highest BCUT2D eigenvalue weighted by Crippen LogP contribution is 2.28. The summed E-state index contributed by atoms with van der Waals surface area (Å²) in [6, 6.07) is 21.2. The number of hydrogen-bond donors (Lipinski definition) is 1. The molecule has 0 atom stereocenters. The van der Waals surface area contributed by atoms with Crippen LogP contribution in [-0.4, -0.2) is 23.9 Å². The Labute approximate surface area is 196 Å². The van der Waals surface area contributed by atoms with Gasteiger partial charge in [-0.2, -0.15) is 0 Å². The van der Waals surface area contributed by atoms with E-state index in [-0.39, 0.29) is 17.1 Å². The zero-order chi connectivity index (χ0) is 23.4. The highest BCUT2D eigenvalue weighted by Gasteiger charge is 2.23. The smallest absolute Gasteiger partial charge is 0.256 e. The fraction of sp³-hybridized carbons (Fsp3) is 0.345. The molecule has 0 saturated carbocycles. The van der Waals surface area contributed by atoms with Crippen LogP contribution < -0.4 is 5.32 Å². The van der Waals surface area contributed by atoms with Gasteiger partial charge >= 0.3 is 0 Å². The number of halogens is 1. The van der Waals surface area contributed by atoms with Crippen molar-refractivity contribution in [3.8, 4) is 0 Å². The van der Waals surface area contributed by atoms with Crippen molar-refractivity contribution >= 4 is 11.6 Å². The molecule has 4 rings (SSSR count). The lowest BCUT2D eigenvalue weighted by Crippen LogP contribution is -2.33. The quantitative estimate of drug-likeness (QED) is 0.479. The second-order valence-electron chi connectivity index (χ2n) is 9.89. The van der Waals surface area contributed by atoms with Crippen molar-refractivity contribution < 1.29 is 9.18 Å². The van der Waals surface area contributed by atoms with E-state index in [1.54, 1.807) is 12.1 Å². The first-order valence-electron chi connectivity index (χ1n) is 11.8. The lowest BCUT2D eigenvalue weighted by molar-refractivity contribution is 0.0745. The Hall–Kier alpha value is -3.14. The van der Waals surface area contributed by atoms with Crippen molar-refractivity contribution in [3.05, 3.63) is 100 Å². The molecule has 0 aromatic heterocycles. The average molecular weight is 445 g/mol. The first-order chi connectivity index (χ1) is 15.8. The van der Waals surface area contributed by atoms with E-state index in [0.29, 0.717) is 30.6 Å². The zero-order valence-corrected chi connectivity index (χ0v) is 19.8. The number of carbonyl (C=O) groups is 1. The van der Waals surface area contributed by atoms with E-state index in [1.165, 1.54) is 17.2 Å². The van der Waals surface area contributed by atoms with Crippen LogP contribution in [0.4, 0.5) is 10.1 Å². The molecule has 3 aromatic rings. The topological polar surface area (TPSA) is 32.3 Å². The molecule has 0 bridgehead atoms. The molecule has 172 valence electrons. The Morgan fingerprint density at radius 2 is 1.76 bits per heavy atom. The molecular formula is C29H33FN2O. The number of hydrogen-bond acceptors (Lipinski definition) is 2. The number of nitrogens with zero attached hydrogens (tertiary/aromatic N) is 1. The van der Waals surface area contributed by atoms with E-state index in [1.807, 2.05) is 23.1 Å². The molecule has 3 nitrogen and oxygen atoms in total. The summed E-state index contributed by atoms with van der Waals surface area (Å²) in [5.74, 6) is -0.240. The van der Waals surface area contributed by atoms with Crippen LogP contribution in [0.3, 0.4) is 0 Å². The van der Waals surface area contributed by atoms with Gasteiger partial charge < -0.3 is 10.2 Å². The minimum absolute atomic E-state index is 0.0162. The molecule has 0 spiro atoms. The van der Waals surface area contributed by atoms with Crippen molar-refractivity contribution in [2.45, 2.75) is 52.0 Å². The minimum atomic E-state index is -0.224. The van der Waals surface area contributed by atoms with E-state index in [0.717, 1.165) is 30.6 Å². The molecule has 0 saturated heterocycles. The van der Waals surface area contributed by atoms with Gasteiger partial charge in [0.25, 0.3) is 5.91 Å². The van der Waals surface area contributed by atoms with E-state index < -0.39 is 0 Å². The highest BCUT2D eigenvalue weighted by molar-refractivity contribution is 6.00. The first-order valence-corrected chi connectivity index (χ1v) is 11.8. The van der Waals surface area contributed by atoms with Crippen LogP contribution in [0.1, 0.15) is 59.8 Å². The van der Waals surface area contributed by atoms with Crippen molar-refractivity contribution in [2.24, 2.45) is 0 Å². The number of aryl methyl sites for hydroxylation is 1. The Bertz CT molecular complexity index is 1120. The van der Waals surface area contributed by atoms with Crippen molar-refractivity contribution in [1.82, 2.24) is 4.90 Å². The average Bonchev–Trinajstić information content (AvgIpc) is 2.81. The number of amides is 1. The molecule has 1 N–H and O–H groups in total. The maximum atomic E-state index is 14.3. The van der Waals surface area contributed by atoms with Crippen LogP contribution in [-0.2, 0) is 24.8 Å². The van der Waals surface area contributed by atoms with Crippen LogP contribution in [0.2, 0.25) is 0 Å². The number of nitrogens with one attached hydrogen (secondary N) is 1. The summed E-state index contributed by atoms with van der Waals surface area (Å²) >= 11 is 0. The Morgan fingerprint density at radius 3 is 2.48 bits per heavy atom. The van der Waals surface area contributed by atoms with E-state index in [9.17, 15) is 9.18 Å². The molecule has 33 heavy (non-hydrogen) atoms. The molecule has 1 heterocycles. The number of fused-ring (bicyclic) bond motifs is 1. The van der Waals surface area contributed by atoms with Crippen molar-refractivity contribution in [2.75, 3.05) is 18.4 Å². The molecule has 0 aliphatic carbocycles. The second kappa shape index (κ2) is 9.78. The molecule has 0 fully saturated rings. The highest BCUT2D eigenvalue weighted by atomic mass is 19.1. The Balaban J connectivity index is 1.61. The van der Waals surface area contributed by atoms with Gasteiger partial charge in [-0.05, 0) is 59.1 Å². The number of rotatable bonds is 6. The monoisotopic (exact) mass is 444 g/mol. The number of benzene rings is 3. The maximum Gasteiger partial charge on any atom is 0.256 e. The normalized spacial score (nSPS) is 13.2. The van der Waals surface area contributed by atoms with E-state index >= 15 is 0 Å². The lowest BCUT2D eigenvalue weighted by Gasteiger charge is -2.27. The van der Waals surface area contributed by atoms with Crippen molar-refractivity contribution in [3.63, 3.8) is 0 Å². The van der Waals surface area contributed by atoms with Crippen molar-refractivity contribution in [1.29, 1.82) is 0 Å². The van der Waals surface area contributed by atoms with Gasteiger partial charge in [0, 0.05) is 19.6 Å². The molecule has 1 aliphatic heterocycles. The lowest BCUT2D eigenvalue weighted by atomic mass is 9.87. The predicted octanol–water partition coefficient (Wildman–Crippen LogP) is 6.37. The van der Waals surface area contributed by atoms with Gasteiger partial charge in [-0.1, -0.05) is 75.4 Å². The van der Waals surface area contributed by atoms with Gasteiger partial charge in [-0.15, -0.1) is 0 Å². The molecule has 4 heteroatoms. The third-order valence-electron chi connectivity index (χ3n) is 6.40. The van der Waals surface area contributed by atoms with E-state index in [2.05, 4.69) is 56.4 Å². The van der Waals surface area contributed by atoms with Crippen LogP contribution in [0.5, 0.6) is 0 Å². The third-order valence-corrected chi connectivity index (χ3v) is 6.40. The standard InChI is InChI=1S/C29H33FN2O/c1-29(2,3)24-15-13-21(14-16-24)20-32(19-17-22-8-4-5-12-26(22)30)28(33)25-11-6-9-23-10-7-18-31-27(23)25/h4-6,8-9,11-16,31H,7,10,17-20H2,1-3H3. The van der Waals surface area contributed by atoms with Gasteiger partial charge in [-0.3, -0.25) is 4.79 Å². The molecule has 0 radical (unpaired) electrons. The number of carbonyl (C=O) groups excluding carboxylic acids is 1. The maximum absolute atomic E-state index is 14.3. The SMILES string of the molecule is CC(C)(C)c1ccc(CN(CCc2ccccc2F)C(=O)c2cccc3c2NCCC3)cc1. The zero-order valence-electron chi connectivity index (χ0n) is 19.8. The fourth-order valence-corrected chi connectivity index (χ4v) is 4.40. The van der Waals surface area contributed by atoms with Gasteiger partial charge in [0.1, 0.15) is 5.82 Å². The van der Waals surface area contributed by atoms with Crippen LogP contribution >= 0.6 is 0 Å². The van der Waals surface area contributed by atoms with Gasteiger partial charge in [-0.25, -0.2) is 4.39 Å². The minimum Gasteiger partial charge on any atom is -0.384 e. The fourth-order valence-electron chi connectivity index (χ4n) is 4.40. The summed E-state index contributed by atoms with van der Waals surface area (Å²) in [5.41, 5.74) is 5.88. The Kier molecular flexibility index (Phi) is 6.83. The second-order valence-corrected chi connectivity index (χ2v) is 9.89. The molecule has 1 aliphatic rings. The Morgan fingerprint density at radius 1 is 1.00 bits per heavy atom. The van der Waals surface area contributed by atoms with Gasteiger partial charge in [0.2, 0.25) is 0 Å².